The SMILES string of the molecule is COC(C)C(=O)Cc1c(C)cccc1C. The van der Waals surface area contributed by atoms with Crippen LogP contribution >= 0.6 is 0 Å². The van der Waals surface area contributed by atoms with E-state index in [0.717, 1.165) is 5.56 Å². The maximum Gasteiger partial charge on any atom is 0.165 e. The molecule has 2 nitrogen and oxygen atoms in total. The van der Waals surface area contributed by atoms with Gasteiger partial charge in [-0.3, -0.25) is 4.79 Å². The molecule has 0 saturated heterocycles. The molecular weight excluding hydrogens is 188 g/mol. The minimum atomic E-state index is -0.316. The predicted octanol–water partition coefficient (Wildman–Crippen LogP) is 2.45. The lowest BCUT2D eigenvalue weighted by Gasteiger charge is -2.12. The van der Waals surface area contributed by atoms with Gasteiger partial charge in [0.25, 0.3) is 0 Å². The molecule has 1 aromatic carbocycles. The standard InChI is InChI=1S/C13H18O2/c1-9-6-5-7-10(2)12(9)8-13(14)11(3)15-4/h5-7,11H,8H2,1-4H3. The molecule has 1 unspecified atom stereocenters. The van der Waals surface area contributed by atoms with Crippen molar-refractivity contribution in [3.05, 3.63) is 34.9 Å². The molecule has 0 fully saturated rings. The molecule has 0 amide bonds. The second kappa shape index (κ2) is 5.08. The molecule has 1 atom stereocenters. The first-order valence-corrected chi connectivity index (χ1v) is 5.17. The molecule has 0 aliphatic rings. The summed E-state index contributed by atoms with van der Waals surface area (Å²) in [5, 5.41) is 0. The van der Waals surface area contributed by atoms with Gasteiger partial charge in [0, 0.05) is 13.5 Å². The van der Waals surface area contributed by atoms with Crippen molar-refractivity contribution in [2.75, 3.05) is 7.11 Å². The maximum atomic E-state index is 11.7. The molecule has 0 spiro atoms. The molecule has 0 N–H and O–H groups in total. The normalized spacial score (nSPS) is 12.5. The summed E-state index contributed by atoms with van der Waals surface area (Å²) >= 11 is 0. The van der Waals surface area contributed by atoms with Crippen molar-refractivity contribution in [1.29, 1.82) is 0 Å². The Morgan fingerprint density at radius 1 is 1.33 bits per heavy atom. The van der Waals surface area contributed by atoms with Crippen molar-refractivity contribution in [2.24, 2.45) is 0 Å². The average molecular weight is 206 g/mol. The molecular formula is C13H18O2. The highest BCUT2D eigenvalue weighted by molar-refractivity contribution is 5.85. The Bertz CT molecular complexity index is 335. The van der Waals surface area contributed by atoms with Crippen LogP contribution in [-0.2, 0) is 16.0 Å². The van der Waals surface area contributed by atoms with Gasteiger partial charge in [-0.2, -0.15) is 0 Å². The Kier molecular flexibility index (Phi) is 4.04. The highest BCUT2D eigenvalue weighted by Gasteiger charge is 2.14. The number of hydrogen-bond donors (Lipinski definition) is 0. The zero-order valence-electron chi connectivity index (χ0n) is 9.83. The van der Waals surface area contributed by atoms with Crippen LogP contribution in [0.25, 0.3) is 0 Å². The summed E-state index contributed by atoms with van der Waals surface area (Å²) in [4.78, 5) is 11.7. The molecule has 2 heteroatoms. The molecule has 0 radical (unpaired) electrons. The first kappa shape index (κ1) is 11.9. The molecule has 0 aromatic heterocycles. The van der Waals surface area contributed by atoms with Gasteiger partial charge in [-0.25, -0.2) is 0 Å². The molecule has 0 aliphatic carbocycles. The number of Topliss-reactive ketones (excluding diaryl/α,β-unsaturated/α-hetero) is 1. The first-order chi connectivity index (χ1) is 7.06. The third-order valence-electron chi connectivity index (χ3n) is 2.80. The predicted molar refractivity (Wildman–Crippen MR) is 61.1 cm³/mol. The van der Waals surface area contributed by atoms with Crippen molar-refractivity contribution < 1.29 is 9.53 Å². The van der Waals surface area contributed by atoms with Gasteiger partial charge < -0.3 is 4.74 Å². The topological polar surface area (TPSA) is 26.3 Å². The van der Waals surface area contributed by atoms with Gasteiger partial charge in [0.05, 0.1) is 0 Å². The summed E-state index contributed by atoms with van der Waals surface area (Å²) in [6.07, 6.45) is 0.150. The fraction of sp³-hybridized carbons (Fsp3) is 0.462. The average Bonchev–Trinajstić information content (AvgIpc) is 2.22. The Hall–Kier alpha value is -1.15. The van der Waals surface area contributed by atoms with E-state index in [-0.39, 0.29) is 11.9 Å². The van der Waals surface area contributed by atoms with Crippen LogP contribution < -0.4 is 0 Å². The quantitative estimate of drug-likeness (QED) is 0.756. The van der Waals surface area contributed by atoms with Crippen molar-refractivity contribution in [3.8, 4) is 0 Å². The molecule has 0 bridgehead atoms. The Morgan fingerprint density at radius 2 is 1.87 bits per heavy atom. The summed E-state index contributed by atoms with van der Waals surface area (Å²) in [7, 11) is 1.56. The third-order valence-corrected chi connectivity index (χ3v) is 2.80. The second-order valence-corrected chi connectivity index (χ2v) is 3.89. The Morgan fingerprint density at radius 3 is 2.33 bits per heavy atom. The smallest absolute Gasteiger partial charge is 0.165 e. The van der Waals surface area contributed by atoms with Crippen molar-refractivity contribution in [3.63, 3.8) is 0 Å². The zero-order valence-corrected chi connectivity index (χ0v) is 9.83. The minimum absolute atomic E-state index is 0.134. The van der Waals surface area contributed by atoms with E-state index in [1.807, 2.05) is 32.0 Å². The van der Waals surface area contributed by atoms with Crippen molar-refractivity contribution in [2.45, 2.75) is 33.3 Å². The number of rotatable bonds is 4. The van der Waals surface area contributed by atoms with Gasteiger partial charge in [-0.1, -0.05) is 18.2 Å². The van der Waals surface area contributed by atoms with Crippen molar-refractivity contribution >= 4 is 5.78 Å². The largest absolute Gasteiger partial charge is 0.374 e. The first-order valence-electron chi connectivity index (χ1n) is 5.17. The molecule has 0 saturated carbocycles. The van der Waals surface area contributed by atoms with Crippen LogP contribution in [0.2, 0.25) is 0 Å². The van der Waals surface area contributed by atoms with Gasteiger partial charge in [0.2, 0.25) is 0 Å². The Balaban J connectivity index is 2.85. The van der Waals surface area contributed by atoms with Crippen LogP contribution in [0.5, 0.6) is 0 Å². The highest BCUT2D eigenvalue weighted by atomic mass is 16.5. The van der Waals surface area contributed by atoms with E-state index in [4.69, 9.17) is 4.74 Å². The lowest BCUT2D eigenvalue weighted by molar-refractivity contribution is -0.127. The zero-order chi connectivity index (χ0) is 11.4. The summed E-state index contributed by atoms with van der Waals surface area (Å²) < 4.78 is 5.01. The van der Waals surface area contributed by atoms with E-state index in [1.54, 1.807) is 14.0 Å². The molecule has 0 aliphatic heterocycles. The third kappa shape index (κ3) is 2.90. The number of ketones is 1. The van der Waals surface area contributed by atoms with Gasteiger partial charge in [0.15, 0.2) is 5.78 Å². The summed E-state index contributed by atoms with van der Waals surface area (Å²) in [5.74, 6) is 0.134. The van der Waals surface area contributed by atoms with Crippen LogP contribution in [0.1, 0.15) is 23.6 Å². The Labute approximate surface area is 91.3 Å². The molecule has 0 heterocycles. The lowest BCUT2D eigenvalue weighted by Crippen LogP contribution is -2.21. The van der Waals surface area contributed by atoms with E-state index >= 15 is 0 Å². The summed E-state index contributed by atoms with van der Waals surface area (Å²) in [5.41, 5.74) is 3.48. The van der Waals surface area contributed by atoms with Crippen LogP contribution in [0.4, 0.5) is 0 Å². The minimum Gasteiger partial charge on any atom is -0.374 e. The molecule has 1 aromatic rings. The molecule has 82 valence electrons. The van der Waals surface area contributed by atoms with Gasteiger partial charge in [0.1, 0.15) is 6.10 Å². The van der Waals surface area contributed by atoms with Crippen LogP contribution in [0.15, 0.2) is 18.2 Å². The number of aryl methyl sites for hydroxylation is 2. The van der Waals surface area contributed by atoms with Gasteiger partial charge in [-0.15, -0.1) is 0 Å². The van der Waals surface area contributed by atoms with Gasteiger partial charge >= 0.3 is 0 Å². The number of ether oxygens (including phenoxy) is 1. The number of carbonyl (C=O) groups excluding carboxylic acids is 1. The van der Waals surface area contributed by atoms with Crippen LogP contribution in [-0.4, -0.2) is 19.0 Å². The van der Waals surface area contributed by atoms with Crippen LogP contribution in [0, 0.1) is 13.8 Å². The number of benzene rings is 1. The van der Waals surface area contributed by atoms with Gasteiger partial charge in [-0.05, 0) is 37.5 Å². The summed E-state index contributed by atoms with van der Waals surface area (Å²) in [6.45, 7) is 5.86. The maximum absolute atomic E-state index is 11.7. The van der Waals surface area contributed by atoms with Crippen molar-refractivity contribution in [1.82, 2.24) is 0 Å². The van der Waals surface area contributed by atoms with E-state index < -0.39 is 0 Å². The highest BCUT2D eigenvalue weighted by Crippen LogP contribution is 2.15. The second-order valence-electron chi connectivity index (χ2n) is 3.89. The summed E-state index contributed by atoms with van der Waals surface area (Å²) in [6, 6.07) is 6.08. The number of carbonyl (C=O) groups is 1. The fourth-order valence-electron chi connectivity index (χ4n) is 1.58. The molecule has 1 rings (SSSR count). The molecule has 15 heavy (non-hydrogen) atoms. The van der Waals surface area contributed by atoms with Crippen LogP contribution in [0.3, 0.4) is 0 Å². The van der Waals surface area contributed by atoms with E-state index in [2.05, 4.69) is 0 Å². The monoisotopic (exact) mass is 206 g/mol. The number of methoxy groups -OCH3 is 1. The van der Waals surface area contributed by atoms with E-state index in [9.17, 15) is 4.79 Å². The van der Waals surface area contributed by atoms with E-state index in [0.29, 0.717) is 6.42 Å². The lowest BCUT2D eigenvalue weighted by atomic mass is 9.97. The number of hydrogen-bond acceptors (Lipinski definition) is 2. The van der Waals surface area contributed by atoms with E-state index in [1.165, 1.54) is 11.1 Å². The fourth-order valence-corrected chi connectivity index (χ4v) is 1.58.